The molecule has 0 unspecified atom stereocenters. The number of hydrogen-bond donors (Lipinski definition) is 0. The van der Waals surface area contributed by atoms with Gasteiger partial charge in [-0.3, -0.25) is 4.79 Å². The van der Waals surface area contributed by atoms with Crippen LogP contribution in [0.2, 0.25) is 0 Å². The van der Waals surface area contributed by atoms with Crippen molar-refractivity contribution in [2.45, 2.75) is 89.7 Å². The van der Waals surface area contributed by atoms with Gasteiger partial charge in [0, 0.05) is 18.6 Å². The van der Waals surface area contributed by atoms with Crippen LogP contribution in [-0.2, 0) is 15.8 Å². The smallest absolute Gasteiger partial charge is 0.144 e. The monoisotopic (exact) mass is 299 g/mol. The van der Waals surface area contributed by atoms with Crippen molar-refractivity contribution in [3.63, 3.8) is 0 Å². The number of hydrogen-bond acceptors (Lipinski definition) is 2. The molecule has 2 aliphatic rings. The summed E-state index contributed by atoms with van der Waals surface area (Å²) >= 11 is 0. The van der Waals surface area contributed by atoms with E-state index in [2.05, 4.69) is 4.40 Å². The fourth-order valence-corrected chi connectivity index (χ4v) is 2.94. The molecule has 0 aromatic rings. The van der Waals surface area contributed by atoms with E-state index in [1.807, 2.05) is 20.8 Å². The molecule has 20 heavy (non-hydrogen) atoms. The van der Waals surface area contributed by atoms with Crippen LogP contribution in [0.4, 0.5) is 0 Å². The van der Waals surface area contributed by atoms with Gasteiger partial charge in [-0.2, -0.15) is 4.40 Å². The van der Waals surface area contributed by atoms with E-state index in [0.717, 1.165) is 38.5 Å². The zero-order valence-electron chi connectivity index (χ0n) is 13.2. The highest BCUT2D eigenvalue weighted by Gasteiger charge is 2.20. The fourth-order valence-electron chi connectivity index (χ4n) is 2.25. The molecule has 0 saturated heterocycles. The third kappa shape index (κ3) is 7.32. The summed E-state index contributed by atoms with van der Waals surface area (Å²) in [5.74, 6) is 0.464. The van der Waals surface area contributed by atoms with Crippen LogP contribution in [-0.4, -0.2) is 20.5 Å². The lowest BCUT2D eigenvalue weighted by Gasteiger charge is -2.17. The highest BCUT2D eigenvalue weighted by atomic mass is 32.2. The summed E-state index contributed by atoms with van der Waals surface area (Å²) in [7, 11) is -1.05. The third-order valence-corrected chi connectivity index (χ3v) is 5.05. The number of carbonyl (C=O) groups is 1. The average molecular weight is 299 g/mol. The van der Waals surface area contributed by atoms with Crippen molar-refractivity contribution in [3.05, 3.63) is 0 Å². The lowest BCUT2D eigenvalue weighted by atomic mass is 9.99. The first-order valence-electron chi connectivity index (χ1n) is 7.90. The molecule has 116 valence electrons. The van der Waals surface area contributed by atoms with Gasteiger partial charge in [0.15, 0.2) is 0 Å². The number of carbonyl (C=O) groups excluding carboxylic acids is 1. The Balaban J connectivity index is 0.000000240. The fraction of sp³-hybridized carbons (Fsp3) is 0.875. The molecule has 0 bridgehead atoms. The van der Waals surface area contributed by atoms with Crippen LogP contribution in [0.3, 0.4) is 0 Å². The van der Waals surface area contributed by atoms with Gasteiger partial charge in [0.1, 0.15) is 16.8 Å². The van der Waals surface area contributed by atoms with Crippen LogP contribution in [0.1, 0.15) is 85.0 Å². The van der Waals surface area contributed by atoms with E-state index in [4.69, 9.17) is 0 Å². The molecular formula is C16H29NO2S. The first-order valence-corrected chi connectivity index (χ1v) is 9.00. The number of nitrogens with zero attached hydrogens (tertiary/aromatic N) is 1. The van der Waals surface area contributed by atoms with Gasteiger partial charge in [-0.15, -0.1) is 0 Å². The van der Waals surface area contributed by atoms with Gasteiger partial charge in [-0.1, -0.05) is 12.8 Å². The maximum atomic E-state index is 11.7. The molecule has 1 atom stereocenters. The molecule has 2 aliphatic carbocycles. The summed E-state index contributed by atoms with van der Waals surface area (Å²) in [6.07, 6.45) is 11.1. The standard InChI is InChI=1S/C10H19NOS.C6H10O/c1-10(2,3)13(12)11-9-7-5-4-6-8-9;7-6-4-2-1-3-5-6/h4-8H2,1-3H3;1-5H2/t13-;/m0./s1. The molecule has 2 rings (SSSR count). The molecule has 0 heterocycles. The summed E-state index contributed by atoms with van der Waals surface area (Å²) in [5.41, 5.74) is 1.17. The molecular weight excluding hydrogens is 270 g/mol. The third-order valence-electron chi connectivity index (χ3n) is 3.58. The van der Waals surface area contributed by atoms with Crippen molar-refractivity contribution >= 4 is 22.5 Å². The van der Waals surface area contributed by atoms with Gasteiger partial charge in [0.25, 0.3) is 0 Å². The summed E-state index contributed by atoms with van der Waals surface area (Å²) in [6.45, 7) is 5.90. The highest BCUT2D eigenvalue weighted by Crippen LogP contribution is 2.18. The highest BCUT2D eigenvalue weighted by molar-refractivity contribution is 7.85. The lowest BCUT2D eigenvalue weighted by Crippen LogP contribution is -2.21. The molecule has 2 fully saturated rings. The first kappa shape index (κ1) is 17.5. The number of ketones is 1. The first-order chi connectivity index (χ1) is 9.39. The Bertz CT molecular complexity index is 353. The van der Waals surface area contributed by atoms with Crippen LogP contribution in [0, 0.1) is 0 Å². The molecule has 4 heteroatoms. The Kier molecular flexibility index (Phi) is 7.63. The molecule has 0 aromatic heterocycles. The average Bonchev–Trinajstić information content (AvgIpc) is 2.40. The van der Waals surface area contributed by atoms with Gasteiger partial charge in [-0.25, -0.2) is 4.21 Å². The zero-order valence-corrected chi connectivity index (χ0v) is 14.1. The molecule has 2 saturated carbocycles. The molecule has 0 aliphatic heterocycles. The van der Waals surface area contributed by atoms with Crippen LogP contribution in [0.15, 0.2) is 4.40 Å². The summed E-state index contributed by atoms with van der Waals surface area (Å²) in [6, 6.07) is 0. The van der Waals surface area contributed by atoms with Gasteiger partial charge in [-0.05, 0) is 59.3 Å². The van der Waals surface area contributed by atoms with Crippen LogP contribution in [0.5, 0.6) is 0 Å². The second-order valence-electron chi connectivity index (χ2n) is 6.68. The van der Waals surface area contributed by atoms with Gasteiger partial charge >= 0.3 is 0 Å². The molecule has 0 aromatic carbocycles. The Hall–Kier alpha value is -0.510. The Morgan fingerprint density at radius 3 is 1.65 bits per heavy atom. The lowest BCUT2D eigenvalue weighted by molar-refractivity contribution is -0.120. The van der Waals surface area contributed by atoms with E-state index < -0.39 is 11.0 Å². The summed E-state index contributed by atoms with van der Waals surface area (Å²) in [5, 5.41) is 0. The van der Waals surface area contributed by atoms with Gasteiger partial charge in [0.05, 0.1) is 4.75 Å². The topological polar surface area (TPSA) is 46.5 Å². The maximum Gasteiger partial charge on any atom is 0.144 e. The SMILES string of the molecule is CC(C)(C)[S@](=O)N=C1CCCCC1.O=C1CCCCC1. The predicted octanol–water partition coefficient (Wildman–Crippen LogP) is 4.37. The minimum atomic E-state index is -1.05. The molecule has 0 spiro atoms. The second kappa shape index (κ2) is 8.71. The number of Topliss-reactive ketones (excluding diaryl/α,β-unsaturated/α-hetero) is 1. The largest absolute Gasteiger partial charge is 0.300 e. The summed E-state index contributed by atoms with van der Waals surface area (Å²) < 4.78 is 15.7. The molecule has 3 nitrogen and oxygen atoms in total. The predicted molar refractivity (Wildman–Crippen MR) is 86.5 cm³/mol. The van der Waals surface area contributed by atoms with E-state index in [-0.39, 0.29) is 4.75 Å². The maximum absolute atomic E-state index is 11.7. The van der Waals surface area contributed by atoms with E-state index in [9.17, 15) is 9.00 Å². The molecule has 0 radical (unpaired) electrons. The van der Waals surface area contributed by atoms with Crippen molar-refractivity contribution in [1.29, 1.82) is 0 Å². The van der Waals surface area contributed by atoms with Crippen molar-refractivity contribution < 1.29 is 9.00 Å². The second-order valence-corrected chi connectivity index (χ2v) is 8.58. The van der Waals surface area contributed by atoms with Crippen LogP contribution < -0.4 is 0 Å². The molecule has 0 N–H and O–H groups in total. The van der Waals surface area contributed by atoms with E-state index in [1.54, 1.807) is 0 Å². The van der Waals surface area contributed by atoms with Gasteiger partial charge in [0.2, 0.25) is 0 Å². The van der Waals surface area contributed by atoms with Crippen molar-refractivity contribution in [1.82, 2.24) is 0 Å². The Morgan fingerprint density at radius 1 is 0.850 bits per heavy atom. The van der Waals surface area contributed by atoms with Crippen LogP contribution in [0.25, 0.3) is 0 Å². The van der Waals surface area contributed by atoms with Gasteiger partial charge < -0.3 is 0 Å². The minimum Gasteiger partial charge on any atom is -0.300 e. The summed E-state index contributed by atoms with van der Waals surface area (Å²) in [4.78, 5) is 10.5. The number of rotatable bonds is 1. The van der Waals surface area contributed by atoms with Crippen molar-refractivity contribution in [2.75, 3.05) is 0 Å². The quantitative estimate of drug-likeness (QED) is 0.721. The Labute approximate surface area is 126 Å². The van der Waals surface area contributed by atoms with Crippen molar-refractivity contribution in [2.24, 2.45) is 4.40 Å². The normalized spacial score (nSPS) is 21.8. The van der Waals surface area contributed by atoms with Crippen molar-refractivity contribution in [3.8, 4) is 0 Å². The van der Waals surface area contributed by atoms with E-state index >= 15 is 0 Å². The molecule has 0 amide bonds. The zero-order chi connectivity index (χ0) is 15.0. The Morgan fingerprint density at radius 2 is 1.30 bits per heavy atom. The van der Waals surface area contributed by atoms with E-state index in [0.29, 0.717) is 5.78 Å². The van der Waals surface area contributed by atoms with Crippen LogP contribution >= 0.6 is 0 Å². The van der Waals surface area contributed by atoms with E-state index in [1.165, 1.54) is 31.4 Å². The minimum absolute atomic E-state index is 0.204.